The molecule has 0 saturated carbocycles. The van der Waals surface area contributed by atoms with Gasteiger partial charge in [-0.15, -0.1) is 0 Å². The number of benzene rings is 3. The van der Waals surface area contributed by atoms with Crippen molar-refractivity contribution in [1.82, 2.24) is 0 Å². The van der Waals surface area contributed by atoms with E-state index in [4.69, 9.17) is 16.3 Å². The molecular formula is C28H31ClN2O3. The van der Waals surface area contributed by atoms with Crippen LogP contribution in [0.25, 0.3) is 0 Å². The number of halogens is 1. The Morgan fingerprint density at radius 2 is 1.50 bits per heavy atom. The molecule has 2 amide bonds. The minimum atomic E-state index is -0.279. The molecule has 3 aromatic carbocycles. The maximum atomic E-state index is 13.0. The fourth-order valence-electron chi connectivity index (χ4n) is 3.69. The molecule has 0 saturated heterocycles. The average Bonchev–Trinajstić information content (AvgIpc) is 2.79. The first-order valence-corrected chi connectivity index (χ1v) is 11.8. The van der Waals surface area contributed by atoms with E-state index in [9.17, 15) is 9.59 Å². The number of rotatable bonds is 8. The average molecular weight is 479 g/mol. The Hall–Kier alpha value is -3.31. The lowest BCUT2D eigenvalue weighted by molar-refractivity contribution is -0.118. The van der Waals surface area contributed by atoms with Crippen molar-refractivity contribution in [2.24, 2.45) is 0 Å². The third-order valence-electron chi connectivity index (χ3n) is 5.56. The van der Waals surface area contributed by atoms with Gasteiger partial charge < -0.3 is 15.4 Å². The van der Waals surface area contributed by atoms with Gasteiger partial charge in [-0.2, -0.15) is 0 Å². The Bertz CT molecular complexity index is 1140. The zero-order valence-corrected chi connectivity index (χ0v) is 21.0. The van der Waals surface area contributed by atoms with E-state index < -0.39 is 0 Å². The Kier molecular flexibility index (Phi) is 8.35. The summed E-state index contributed by atoms with van der Waals surface area (Å²) in [4.78, 5) is 25.2. The lowest BCUT2D eigenvalue weighted by Crippen LogP contribution is -2.20. The third-order valence-corrected chi connectivity index (χ3v) is 5.80. The minimum Gasteiger partial charge on any atom is -0.484 e. The molecule has 6 heteroatoms. The maximum absolute atomic E-state index is 13.0. The van der Waals surface area contributed by atoms with Crippen LogP contribution in [0.2, 0.25) is 5.02 Å². The first-order valence-electron chi connectivity index (χ1n) is 11.4. The van der Waals surface area contributed by atoms with Crippen molar-refractivity contribution in [3.8, 4) is 5.75 Å². The van der Waals surface area contributed by atoms with Crippen molar-refractivity contribution in [1.29, 1.82) is 0 Å². The molecule has 0 aliphatic carbocycles. The molecule has 0 unspecified atom stereocenters. The number of hydrogen-bond donors (Lipinski definition) is 2. The lowest BCUT2D eigenvalue weighted by atomic mass is 9.92. The van der Waals surface area contributed by atoms with Crippen LogP contribution in [0.15, 0.2) is 60.7 Å². The highest BCUT2D eigenvalue weighted by atomic mass is 35.5. The number of nitrogens with one attached hydrogen (secondary N) is 2. The van der Waals surface area contributed by atoms with Gasteiger partial charge in [0.2, 0.25) is 0 Å². The molecule has 0 atom stereocenters. The van der Waals surface area contributed by atoms with E-state index in [2.05, 4.69) is 50.5 Å². The molecular weight excluding hydrogens is 448 g/mol. The summed E-state index contributed by atoms with van der Waals surface area (Å²) < 4.78 is 5.59. The molecule has 0 radical (unpaired) electrons. The van der Waals surface area contributed by atoms with Gasteiger partial charge in [-0.05, 0) is 77.9 Å². The van der Waals surface area contributed by atoms with E-state index in [1.165, 1.54) is 0 Å². The topological polar surface area (TPSA) is 67.4 Å². The van der Waals surface area contributed by atoms with Crippen LogP contribution in [0.5, 0.6) is 5.75 Å². The fourth-order valence-corrected chi connectivity index (χ4v) is 3.91. The zero-order valence-electron chi connectivity index (χ0n) is 20.2. The molecule has 0 bridgehead atoms. The number of aryl methyl sites for hydroxylation is 1. The van der Waals surface area contributed by atoms with Gasteiger partial charge in [0.25, 0.3) is 11.8 Å². The summed E-state index contributed by atoms with van der Waals surface area (Å²) >= 11 is 5.95. The number of hydrogen-bond acceptors (Lipinski definition) is 3. The van der Waals surface area contributed by atoms with Gasteiger partial charge in [-0.25, -0.2) is 0 Å². The van der Waals surface area contributed by atoms with Crippen molar-refractivity contribution < 1.29 is 14.3 Å². The van der Waals surface area contributed by atoms with Crippen LogP contribution >= 0.6 is 11.6 Å². The molecule has 0 aromatic heterocycles. The van der Waals surface area contributed by atoms with Gasteiger partial charge in [0, 0.05) is 22.0 Å². The second kappa shape index (κ2) is 11.2. The first kappa shape index (κ1) is 25.3. The van der Waals surface area contributed by atoms with Crippen LogP contribution < -0.4 is 15.4 Å². The highest BCUT2D eigenvalue weighted by Gasteiger charge is 2.17. The second-order valence-electron chi connectivity index (χ2n) is 8.90. The molecule has 2 N–H and O–H groups in total. The summed E-state index contributed by atoms with van der Waals surface area (Å²) in [5.41, 5.74) is 5.18. The highest BCUT2D eigenvalue weighted by molar-refractivity contribution is 6.30. The number of para-hydroxylation sites is 1. The Balaban J connectivity index is 1.63. The number of ether oxygens (including phenoxy) is 1. The van der Waals surface area contributed by atoms with Crippen LogP contribution in [0, 0.1) is 6.92 Å². The van der Waals surface area contributed by atoms with Crippen molar-refractivity contribution >= 4 is 34.8 Å². The van der Waals surface area contributed by atoms with Crippen LogP contribution in [0.4, 0.5) is 11.4 Å². The number of carbonyl (C=O) groups excluding carboxylic acids is 2. The van der Waals surface area contributed by atoms with Gasteiger partial charge >= 0.3 is 0 Å². The summed E-state index contributed by atoms with van der Waals surface area (Å²) in [6.45, 7) is 10.2. The molecule has 0 aliphatic heterocycles. The van der Waals surface area contributed by atoms with Gasteiger partial charge in [0.05, 0.1) is 0 Å². The molecule has 3 rings (SSSR count). The van der Waals surface area contributed by atoms with Crippen LogP contribution in [0.1, 0.15) is 66.6 Å². The van der Waals surface area contributed by atoms with Gasteiger partial charge in [-0.3, -0.25) is 9.59 Å². The van der Waals surface area contributed by atoms with Gasteiger partial charge in [0.1, 0.15) is 5.75 Å². The lowest BCUT2D eigenvalue weighted by Gasteiger charge is -2.20. The quantitative estimate of drug-likeness (QED) is 0.360. The molecule has 3 aromatic rings. The fraction of sp³-hybridized carbons (Fsp3) is 0.286. The molecule has 0 aliphatic rings. The van der Waals surface area contributed by atoms with E-state index in [-0.39, 0.29) is 30.3 Å². The van der Waals surface area contributed by atoms with Gasteiger partial charge in [-0.1, -0.05) is 57.5 Å². The predicted octanol–water partition coefficient (Wildman–Crippen LogP) is 7.17. The van der Waals surface area contributed by atoms with Crippen molar-refractivity contribution in [3.05, 3.63) is 87.9 Å². The highest BCUT2D eigenvalue weighted by Crippen LogP contribution is 2.32. The smallest absolute Gasteiger partial charge is 0.262 e. The Morgan fingerprint density at radius 3 is 2.06 bits per heavy atom. The Labute approximate surface area is 206 Å². The summed E-state index contributed by atoms with van der Waals surface area (Å²) in [5.74, 6) is 0.612. The van der Waals surface area contributed by atoms with Crippen molar-refractivity contribution in [2.75, 3.05) is 17.2 Å². The third kappa shape index (κ3) is 6.39. The standard InChI is InChI=1S/C28H31ClN2O3/c1-17(2)23-7-6-8-24(18(3)4)27(23)31-28(33)20-9-12-22(13-10-20)34-16-26(32)30-25-14-11-21(29)15-19(25)5/h6-15,17-18H,16H2,1-5H3,(H,30,32)(H,31,33). The van der Waals surface area contributed by atoms with Crippen molar-refractivity contribution in [3.63, 3.8) is 0 Å². The van der Waals surface area contributed by atoms with Crippen LogP contribution in [0.3, 0.4) is 0 Å². The molecule has 5 nitrogen and oxygen atoms in total. The number of anilines is 2. The monoisotopic (exact) mass is 478 g/mol. The molecule has 0 fully saturated rings. The summed E-state index contributed by atoms with van der Waals surface area (Å²) in [6, 6.07) is 18.2. The maximum Gasteiger partial charge on any atom is 0.262 e. The number of amides is 2. The summed E-state index contributed by atoms with van der Waals surface area (Å²) in [6.07, 6.45) is 0. The van der Waals surface area contributed by atoms with Gasteiger partial charge in [0.15, 0.2) is 6.61 Å². The van der Waals surface area contributed by atoms with E-state index in [0.717, 1.165) is 22.4 Å². The SMILES string of the molecule is Cc1cc(Cl)ccc1NC(=O)COc1ccc(C(=O)Nc2c(C(C)C)cccc2C(C)C)cc1. The molecule has 34 heavy (non-hydrogen) atoms. The normalized spacial score (nSPS) is 10.9. The van der Waals surface area contributed by atoms with E-state index in [0.29, 0.717) is 22.0 Å². The molecule has 178 valence electrons. The van der Waals surface area contributed by atoms with Crippen molar-refractivity contribution in [2.45, 2.75) is 46.5 Å². The molecule has 0 heterocycles. The molecule has 0 spiro atoms. The predicted molar refractivity (Wildman–Crippen MR) is 139 cm³/mol. The largest absolute Gasteiger partial charge is 0.484 e. The van der Waals surface area contributed by atoms with E-state index in [1.807, 2.05) is 13.0 Å². The van der Waals surface area contributed by atoms with E-state index in [1.54, 1.807) is 42.5 Å². The van der Waals surface area contributed by atoms with Crippen LogP contribution in [-0.2, 0) is 4.79 Å². The minimum absolute atomic E-state index is 0.146. The first-order chi connectivity index (χ1) is 16.2. The summed E-state index contributed by atoms with van der Waals surface area (Å²) in [7, 11) is 0. The van der Waals surface area contributed by atoms with Crippen LogP contribution in [-0.4, -0.2) is 18.4 Å². The zero-order chi connectivity index (χ0) is 24.8. The Morgan fingerprint density at radius 1 is 0.882 bits per heavy atom. The summed E-state index contributed by atoms with van der Waals surface area (Å²) in [5, 5.41) is 6.53. The second-order valence-corrected chi connectivity index (χ2v) is 9.33. The number of carbonyl (C=O) groups is 2. The van der Waals surface area contributed by atoms with E-state index >= 15 is 0 Å².